The van der Waals surface area contributed by atoms with Crippen molar-refractivity contribution in [1.82, 2.24) is 5.43 Å². The van der Waals surface area contributed by atoms with Gasteiger partial charge in [-0.2, -0.15) is 0 Å². The lowest BCUT2D eigenvalue weighted by molar-refractivity contribution is -0.121. The van der Waals surface area contributed by atoms with Crippen LogP contribution in [0.3, 0.4) is 0 Å². The summed E-state index contributed by atoms with van der Waals surface area (Å²) in [6.45, 7) is 0. The van der Waals surface area contributed by atoms with Crippen LogP contribution in [0.4, 0.5) is 0 Å². The number of halogens is 1. The highest BCUT2D eigenvalue weighted by Crippen LogP contribution is 2.18. The molecule has 0 aliphatic carbocycles. The third-order valence-corrected chi connectivity index (χ3v) is 2.34. The van der Waals surface area contributed by atoms with Gasteiger partial charge in [0.2, 0.25) is 5.91 Å². The lowest BCUT2D eigenvalue weighted by atomic mass is 10.0. The molecule has 0 spiro atoms. The maximum absolute atomic E-state index is 11.0. The summed E-state index contributed by atoms with van der Waals surface area (Å²) in [5.41, 5.74) is 8.76. The van der Waals surface area contributed by atoms with Crippen LogP contribution in [0.25, 0.3) is 0 Å². The molecule has 0 aromatic heterocycles. The van der Waals surface area contributed by atoms with Gasteiger partial charge in [0.25, 0.3) is 0 Å². The zero-order chi connectivity index (χ0) is 10.6. The SMILES string of the molecule is NNC(=O)CC(N)c1cccc(Br)c1. The monoisotopic (exact) mass is 257 g/mol. The van der Waals surface area contributed by atoms with E-state index in [9.17, 15) is 4.79 Å². The summed E-state index contributed by atoms with van der Waals surface area (Å²) in [4.78, 5) is 11.0. The van der Waals surface area contributed by atoms with E-state index in [0.717, 1.165) is 10.0 Å². The largest absolute Gasteiger partial charge is 0.324 e. The number of benzene rings is 1. The molecule has 1 aromatic rings. The standard InChI is InChI=1S/C9H12BrN3O/c10-7-3-1-2-6(4-7)8(11)5-9(14)13-12/h1-4,8H,5,11-12H2,(H,13,14). The topological polar surface area (TPSA) is 81.1 Å². The maximum atomic E-state index is 11.0. The Kier molecular flexibility index (Phi) is 4.06. The summed E-state index contributed by atoms with van der Waals surface area (Å²) in [7, 11) is 0. The zero-order valence-electron chi connectivity index (χ0n) is 7.53. The predicted octanol–water partition coefficient (Wildman–Crippen LogP) is 0.829. The summed E-state index contributed by atoms with van der Waals surface area (Å²) in [5.74, 6) is 4.70. The van der Waals surface area contributed by atoms with Crippen molar-refractivity contribution in [3.63, 3.8) is 0 Å². The first-order chi connectivity index (χ1) is 6.63. The van der Waals surface area contributed by atoms with Gasteiger partial charge in [0.05, 0.1) is 0 Å². The molecular weight excluding hydrogens is 246 g/mol. The second kappa shape index (κ2) is 5.09. The number of carbonyl (C=O) groups excluding carboxylic acids is 1. The molecule has 0 heterocycles. The molecule has 0 fully saturated rings. The molecule has 5 N–H and O–H groups in total. The molecule has 14 heavy (non-hydrogen) atoms. The van der Waals surface area contributed by atoms with Gasteiger partial charge in [0.1, 0.15) is 0 Å². The highest BCUT2D eigenvalue weighted by atomic mass is 79.9. The Labute approximate surface area is 90.8 Å². The lowest BCUT2D eigenvalue weighted by Gasteiger charge is -2.10. The smallest absolute Gasteiger partial charge is 0.235 e. The second-order valence-corrected chi connectivity index (χ2v) is 3.85. The van der Waals surface area contributed by atoms with Gasteiger partial charge in [-0.05, 0) is 17.7 Å². The van der Waals surface area contributed by atoms with E-state index in [1.807, 2.05) is 29.7 Å². The first-order valence-electron chi connectivity index (χ1n) is 4.14. The molecule has 0 saturated heterocycles. The minimum atomic E-state index is -0.323. The van der Waals surface area contributed by atoms with Gasteiger partial charge >= 0.3 is 0 Å². The van der Waals surface area contributed by atoms with Gasteiger partial charge in [-0.1, -0.05) is 28.1 Å². The van der Waals surface area contributed by atoms with Crippen LogP contribution in [0.1, 0.15) is 18.0 Å². The van der Waals surface area contributed by atoms with Gasteiger partial charge in [-0.25, -0.2) is 5.84 Å². The van der Waals surface area contributed by atoms with Gasteiger partial charge in [0.15, 0.2) is 0 Å². The summed E-state index contributed by atoms with van der Waals surface area (Å²) in [5, 5.41) is 0. The number of rotatable bonds is 3. The van der Waals surface area contributed by atoms with Crippen LogP contribution < -0.4 is 17.0 Å². The summed E-state index contributed by atoms with van der Waals surface area (Å²) < 4.78 is 0.943. The minimum Gasteiger partial charge on any atom is -0.324 e. The van der Waals surface area contributed by atoms with Crippen molar-refractivity contribution in [3.05, 3.63) is 34.3 Å². The van der Waals surface area contributed by atoms with E-state index in [0.29, 0.717) is 0 Å². The Morgan fingerprint density at radius 3 is 2.86 bits per heavy atom. The van der Waals surface area contributed by atoms with Crippen molar-refractivity contribution in [1.29, 1.82) is 0 Å². The fourth-order valence-corrected chi connectivity index (χ4v) is 1.53. The van der Waals surface area contributed by atoms with E-state index >= 15 is 0 Å². The van der Waals surface area contributed by atoms with Gasteiger partial charge in [-0.15, -0.1) is 0 Å². The predicted molar refractivity (Wildman–Crippen MR) is 58.0 cm³/mol. The van der Waals surface area contributed by atoms with Gasteiger partial charge < -0.3 is 5.73 Å². The Hall–Kier alpha value is -0.910. The third-order valence-electron chi connectivity index (χ3n) is 1.84. The van der Waals surface area contributed by atoms with Crippen molar-refractivity contribution >= 4 is 21.8 Å². The number of hydrogen-bond donors (Lipinski definition) is 3. The Morgan fingerprint density at radius 1 is 1.57 bits per heavy atom. The molecule has 1 atom stereocenters. The Bertz CT molecular complexity index is 330. The lowest BCUT2D eigenvalue weighted by Crippen LogP contribution is -2.32. The third kappa shape index (κ3) is 3.10. The van der Waals surface area contributed by atoms with Crippen molar-refractivity contribution in [2.75, 3.05) is 0 Å². The molecule has 0 radical (unpaired) electrons. The van der Waals surface area contributed by atoms with Crippen LogP contribution in [-0.4, -0.2) is 5.91 Å². The van der Waals surface area contributed by atoms with E-state index in [1.54, 1.807) is 0 Å². The average Bonchev–Trinajstić information content (AvgIpc) is 2.17. The van der Waals surface area contributed by atoms with Gasteiger partial charge in [-0.3, -0.25) is 10.2 Å². The van der Waals surface area contributed by atoms with Crippen LogP contribution in [-0.2, 0) is 4.79 Å². The van der Waals surface area contributed by atoms with Gasteiger partial charge in [0, 0.05) is 16.9 Å². The number of carbonyl (C=O) groups is 1. The summed E-state index contributed by atoms with van der Waals surface area (Å²) >= 11 is 3.33. The number of hydrogen-bond acceptors (Lipinski definition) is 3. The van der Waals surface area contributed by atoms with Crippen LogP contribution in [0.5, 0.6) is 0 Å². The van der Waals surface area contributed by atoms with Crippen LogP contribution in [0.2, 0.25) is 0 Å². The normalized spacial score (nSPS) is 12.2. The molecule has 5 heteroatoms. The maximum Gasteiger partial charge on any atom is 0.235 e. The number of nitrogens with two attached hydrogens (primary N) is 2. The van der Waals surface area contributed by atoms with Crippen molar-refractivity contribution < 1.29 is 4.79 Å². The van der Waals surface area contributed by atoms with E-state index in [1.165, 1.54) is 0 Å². The van der Waals surface area contributed by atoms with Crippen LogP contribution in [0, 0.1) is 0 Å². The summed E-state index contributed by atoms with van der Waals surface area (Å²) in [6, 6.07) is 7.21. The molecule has 0 saturated carbocycles. The van der Waals surface area contributed by atoms with Crippen LogP contribution in [0.15, 0.2) is 28.7 Å². The zero-order valence-corrected chi connectivity index (χ0v) is 9.12. The Morgan fingerprint density at radius 2 is 2.29 bits per heavy atom. The molecular formula is C9H12BrN3O. The average molecular weight is 258 g/mol. The molecule has 0 aliphatic rings. The molecule has 0 aliphatic heterocycles. The van der Waals surface area contributed by atoms with E-state index in [4.69, 9.17) is 11.6 Å². The number of nitrogens with one attached hydrogen (secondary N) is 1. The first-order valence-corrected chi connectivity index (χ1v) is 4.93. The molecule has 1 rings (SSSR count). The van der Waals surface area contributed by atoms with Crippen molar-refractivity contribution in [2.45, 2.75) is 12.5 Å². The molecule has 1 amide bonds. The summed E-state index contributed by atoms with van der Waals surface area (Å²) in [6.07, 6.45) is 0.187. The quantitative estimate of drug-likeness (QED) is 0.426. The highest BCUT2D eigenvalue weighted by molar-refractivity contribution is 9.10. The molecule has 76 valence electrons. The van der Waals surface area contributed by atoms with E-state index in [2.05, 4.69) is 15.9 Å². The van der Waals surface area contributed by atoms with Crippen LogP contribution >= 0.6 is 15.9 Å². The second-order valence-electron chi connectivity index (χ2n) is 2.93. The number of amides is 1. The highest BCUT2D eigenvalue weighted by Gasteiger charge is 2.10. The molecule has 1 aromatic carbocycles. The Balaban J connectivity index is 2.69. The van der Waals surface area contributed by atoms with Crippen molar-refractivity contribution in [3.8, 4) is 0 Å². The van der Waals surface area contributed by atoms with Crippen molar-refractivity contribution in [2.24, 2.45) is 11.6 Å². The molecule has 1 unspecified atom stereocenters. The number of hydrazine groups is 1. The fraction of sp³-hybridized carbons (Fsp3) is 0.222. The van der Waals surface area contributed by atoms with E-state index < -0.39 is 0 Å². The van der Waals surface area contributed by atoms with E-state index in [-0.39, 0.29) is 18.4 Å². The molecule has 0 bridgehead atoms. The minimum absolute atomic E-state index is 0.187. The molecule has 4 nitrogen and oxygen atoms in total. The first kappa shape index (κ1) is 11.2. The fourth-order valence-electron chi connectivity index (χ4n) is 1.11.